The Morgan fingerprint density at radius 1 is 1.50 bits per heavy atom. The molecule has 2 fully saturated rings. The van der Waals surface area contributed by atoms with E-state index < -0.39 is 0 Å². The van der Waals surface area contributed by atoms with E-state index >= 15 is 0 Å². The Kier molecular flexibility index (Phi) is 3.40. The molecule has 16 heavy (non-hydrogen) atoms. The third-order valence-electron chi connectivity index (χ3n) is 3.10. The van der Waals surface area contributed by atoms with Gasteiger partial charge < -0.3 is 20.7 Å². The zero-order valence-corrected chi connectivity index (χ0v) is 9.29. The number of amides is 2. The van der Waals surface area contributed by atoms with Crippen LogP contribution in [0, 0.1) is 0 Å². The Hall–Kier alpha value is -1.14. The lowest BCUT2D eigenvalue weighted by Gasteiger charge is -2.20. The van der Waals surface area contributed by atoms with Gasteiger partial charge in [0.25, 0.3) is 0 Å². The number of ether oxygens (including phenoxy) is 1. The van der Waals surface area contributed by atoms with Gasteiger partial charge in [-0.2, -0.15) is 0 Å². The standard InChI is InChI=1S/C10H17N3O3/c1-16-8-5-11-4-7(8)13-10(15)6-2-3-9(14)12-6/h6-8,11H,2-5H2,1H3,(H,12,14)(H,13,15)/t6-,7?,8-/m0/s1. The van der Waals surface area contributed by atoms with Gasteiger partial charge in [0.2, 0.25) is 11.8 Å². The van der Waals surface area contributed by atoms with Crippen molar-refractivity contribution >= 4 is 11.8 Å². The molecule has 2 aliphatic rings. The lowest BCUT2D eigenvalue weighted by molar-refractivity contribution is -0.126. The van der Waals surface area contributed by atoms with Crippen molar-refractivity contribution in [2.45, 2.75) is 31.0 Å². The van der Waals surface area contributed by atoms with Crippen LogP contribution in [-0.4, -0.2) is 50.2 Å². The van der Waals surface area contributed by atoms with Crippen LogP contribution < -0.4 is 16.0 Å². The number of hydrogen-bond donors (Lipinski definition) is 3. The van der Waals surface area contributed by atoms with E-state index in [1.807, 2.05) is 0 Å². The molecule has 2 saturated heterocycles. The summed E-state index contributed by atoms with van der Waals surface area (Å²) in [7, 11) is 1.63. The lowest BCUT2D eigenvalue weighted by atomic mass is 10.1. The van der Waals surface area contributed by atoms with Gasteiger partial charge in [-0.05, 0) is 6.42 Å². The Morgan fingerprint density at radius 3 is 2.94 bits per heavy atom. The first kappa shape index (κ1) is 11.3. The SMILES string of the molecule is CO[C@H]1CNCC1NC(=O)[C@@H]1CCC(=O)N1. The molecule has 0 bridgehead atoms. The van der Waals surface area contributed by atoms with Crippen LogP contribution in [0.5, 0.6) is 0 Å². The molecule has 3 N–H and O–H groups in total. The highest BCUT2D eigenvalue weighted by molar-refractivity contribution is 5.90. The predicted octanol–water partition coefficient (Wildman–Crippen LogP) is -1.63. The second-order valence-corrected chi connectivity index (χ2v) is 4.21. The van der Waals surface area contributed by atoms with E-state index in [2.05, 4.69) is 16.0 Å². The Bertz CT molecular complexity index is 295. The maximum Gasteiger partial charge on any atom is 0.242 e. The number of methoxy groups -OCH3 is 1. The molecule has 2 rings (SSSR count). The minimum Gasteiger partial charge on any atom is -0.378 e. The van der Waals surface area contributed by atoms with Crippen molar-refractivity contribution < 1.29 is 14.3 Å². The Balaban J connectivity index is 1.84. The molecular weight excluding hydrogens is 210 g/mol. The maximum atomic E-state index is 11.8. The van der Waals surface area contributed by atoms with Crippen LogP contribution in [0.25, 0.3) is 0 Å². The van der Waals surface area contributed by atoms with Crippen LogP contribution in [0.3, 0.4) is 0 Å². The highest BCUT2D eigenvalue weighted by Gasteiger charge is 2.32. The predicted molar refractivity (Wildman–Crippen MR) is 56.8 cm³/mol. The first-order valence-electron chi connectivity index (χ1n) is 5.54. The second-order valence-electron chi connectivity index (χ2n) is 4.21. The average Bonchev–Trinajstić information content (AvgIpc) is 2.86. The fraction of sp³-hybridized carbons (Fsp3) is 0.800. The van der Waals surface area contributed by atoms with Crippen molar-refractivity contribution in [3.8, 4) is 0 Å². The molecule has 2 heterocycles. The molecule has 0 spiro atoms. The van der Waals surface area contributed by atoms with Crippen molar-refractivity contribution in [2.24, 2.45) is 0 Å². The van der Waals surface area contributed by atoms with Gasteiger partial charge in [-0.25, -0.2) is 0 Å². The quantitative estimate of drug-likeness (QED) is 0.541. The number of carbonyl (C=O) groups is 2. The average molecular weight is 227 g/mol. The van der Waals surface area contributed by atoms with Crippen molar-refractivity contribution in [3.63, 3.8) is 0 Å². The third kappa shape index (κ3) is 2.33. The molecule has 3 atom stereocenters. The molecular formula is C10H17N3O3. The van der Waals surface area contributed by atoms with E-state index in [1.54, 1.807) is 7.11 Å². The van der Waals surface area contributed by atoms with Crippen LogP contribution >= 0.6 is 0 Å². The van der Waals surface area contributed by atoms with Crippen LogP contribution in [0.2, 0.25) is 0 Å². The summed E-state index contributed by atoms with van der Waals surface area (Å²) in [6.45, 7) is 1.46. The van der Waals surface area contributed by atoms with E-state index in [0.717, 1.165) is 6.54 Å². The lowest BCUT2D eigenvalue weighted by Crippen LogP contribution is -2.50. The van der Waals surface area contributed by atoms with Crippen LogP contribution in [0.4, 0.5) is 0 Å². The summed E-state index contributed by atoms with van der Waals surface area (Å²) in [5.41, 5.74) is 0. The molecule has 6 heteroatoms. The van der Waals surface area contributed by atoms with Crippen LogP contribution in [0.1, 0.15) is 12.8 Å². The molecule has 6 nitrogen and oxygen atoms in total. The van der Waals surface area contributed by atoms with Crippen LogP contribution in [0.15, 0.2) is 0 Å². The Labute approximate surface area is 94.1 Å². The van der Waals surface area contributed by atoms with E-state index in [-0.39, 0.29) is 30.0 Å². The zero-order chi connectivity index (χ0) is 11.5. The molecule has 2 aliphatic heterocycles. The monoisotopic (exact) mass is 227 g/mol. The van der Waals surface area contributed by atoms with Gasteiger partial charge in [0.1, 0.15) is 6.04 Å². The van der Waals surface area contributed by atoms with E-state index in [4.69, 9.17) is 4.74 Å². The van der Waals surface area contributed by atoms with Crippen molar-refractivity contribution in [1.29, 1.82) is 0 Å². The third-order valence-corrected chi connectivity index (χ3v) is 3.10. The van der Waals surface area contributed by atoms with Crippen molar-refractivity contribution in [3.05, 3.63) is 0 Å². The van der Waals surface area contributed by atoms with Crippen LogP contribution in [-0.2, 0) is 14.3 Å². The first-order chi connectivity index (χ1) is 7.70. The number of hydrogen-bond acceptors (Lipinski definition) is 4. The molecule has 90 valence electrons. The Morgan fingerprint density at radius 2 is 2.31 bits per heavy atom. The van der Waals surface area contributed by atoms with Gasteiger partial charge in [0.05, 0.1) is 12.1 Å². The molecule has 0 aromatic carbocycles. The zero-order valence-electron chi connectivity index (χ0n) is 9.29. The molecule has 0 radical (unpaired) electrons. The molecule has 0 aromatic heterocycles. The molecule has 0 aliphatic carbocycles. The maximum absolute atomic E-state index is 11.8. The normalized spacial score (nSPS) is 33.8. The van der Waals surface area contributed by atoms with Gasteiger partial charge in [-0.15, -0.1) is 0 Å². The minimum absolute atomic E-state index is 0.00463. The number of rotatable bonds is 3. The fourth-order valence-corrected chi connectivity index (χ4v) is 2.14. The topological polar surface area (TPSA) is 79.5 Å². The van der Waals surface area contributed by atoms with Gasteiger partial charge in [0, 0.05) is 26.6 Å². The minimum atomic E-state index is -0.370. The van der Waals surface area contributed by atoms with E-state index in [1.165, 1.54) is 0 Å². The smallest absolute Gasteiger partial charge is 0.242 e. The van der Waals surface area contributed by atoms with Crippen molar-refractivity contribution in [2.75, 3.05) is 20.2 Å². The summed E-state index contributed by atoms with van der Waals surface area (Å²) in [4.78, 5) is 22.8. The molecule has 1 unspecified atom stereocenters. The summed E-state index contributed by atoms with van der Waals surface area (Å²) in [6, 6.07) is -0.374. The molecule has 0 saturated carbocycles. The van der Waals surface area contributed by atoms with E-state index in [9.17, 15) is 9.59 Å². The summed E-state index contributed by atoms with van der Waals surface area (Å²) in [5.74, 6) is -0.158. The summed E-state index contributed by atoms with van der Waals surface area (Å²) >= 11 is 0. The fourth-order valence-electron chi connectivity index (χ4n) is 2.14. The van der Waals surface area contributed by atoms with Gasteiger partial charge in [-0.1, -0.05) is 0 Å². The highest BCUT2D eigenvalue weighted by Crippen LogP contribution is 2.09. The van der Waals surface area contributed by atoms with Crippen molar-refractivity contribution in [1.82, 2.24) is 16.0 Å². The summed E-state index contributed by atoms with van der Waals surface area (Å²) < 4.78 is 5.24. The number of nitrogens with one attached hydrogen (secondary N) is 3. The first-order valence-corrected chi connectivity index (χ1v) is 5.54. The molecule has 0 aromatic rings. The summed E-state index contributed by atoms with van der Waals surface area (Å²) in [6.07, 6.45) is 1.04. The van der Waals surface area contributed by atoms with E-state index in [0.29, 0.717) is 19.4 Å². The van der Waals surface area contributed by atoms with Gasteiger partial charge >= 0.3 is 0 Å². The second kappa shape index (κ2) is 4.80. The molecule has 2 amide bonds. The number of carbonyl (C=O) groups excluding carboxylic acids is 2. The van der Waals surface area contributed by atoms with Gasteiger partial charge in [-0.3, -0.25) is 9.59 Å². The van der Waals surface area contributed by atoms with Gasteiger partial charge in [0.15, 0.2) is 0 Å². The summed E-state index contributed by atoms with van der Waals surface area (Å²) in [5, 5.41) is 8.70. The highest BCUT2D eigenvalue weighted by atomic mass is 16.5. The largest absolute Gasteiger partial charge is 0.378 e.